The normalized spacial score (nSPS) is 13.2. The van der Waals surface area contributed by atoms with E-state index in [0.29, 0.717) is 0 Å². The first-order valence-corrected chi connectivity index (χ1v) is 4.30. The summed E-state index contributed by atoms with van der Waals surface area (Å²) in [5.74, 6) is -1.20. The van der Waals surface area contributed by atoms with E-state index < -0.39 is 15.9 Å². The lowest BCUT2D eigenvalue weighted by Gasteiger charge is -2.16. The molecule has 0 fully saturated rings. The summed E-state index contributed by atoms with van der Waals surface area (Å²) in [4.78, 5) is 10.5. The Hall–Kier alpha value is 0.120. The smallest absolute Gasteiger partial charge is 0.322 e. The lowest BCUT2D eigenvalue weighted by atomic mass is 10.4. The maximum absolute atomic E-state index is 10.5. The van der Waals surface area contributed by atoms with E-state index in [1.165, 1.54) is 6.07 Å². The molecule has 0 aromatic heterocycles. The third-order valence-corrected chi connectivity index (χ3v) is 1.59. The second kappa shape index (κ2) is 4.98. The zero-order valence-corrected chi connectivity index (χ0v) is 8.58. The number of hydrogen-bond acceptors (Lipinski definition) is 3. The van der Waals surface area contributed by atoms with Gasteiger partial charge in [0.15, 0.2) is 0 Å². The quantitative estimate of drug-likeness (QED) is 0.557. The molecule has 0 saturated carbocycles. The minimum absolute atomic E-state index is 0.390. The van der Waals surface area contributed by atoms with Crippen LogP contribution in [0.5, 0.6) is 0 Å². The van der Waals surface area contributed by atoms with Crippen LogP contribution in [0.25, 0.3) is 0 Å². The van der Waals surface area contributed by atoms with Crippen LogP contribution < -0.4 is 0 Å². The van der Waals surface area contributed by atoms with E-state index in [4.69, 9.17) is 51.7 Å². The van der Waals surface area contributed by atoms with Crippen LogP contribution in [0.15, 0.2) is 0 Å². The van der Waals surface area contributed by atoms with Gasteiger partial charge in [0.25, 0.3) is 0 Å². The molecule has 0 aliphatic heterocycles. The van der Waals surface area contributed by atoms with E-state index >= 15 is 0 Å². The average Bonchev–Trinajstić information content (AvgIpc) is 1.97. The van der Waals surface area contributed by atoms with Gasteiger partial charge < -0.3 is 4.74 Å². The summed E-state index contributed by atoms with van der Waals surface area (Å²) in [5, 5.41) is 8.38. The van der Waals surface area contributed by atoms with E-state index in [2.05, 4.69) is 4.74 Å². The Labute approximate surface area is 89.1 Å². The molecule has 0 N–H and O–H groups in total. The van der Waals surface area contributed by atoms with Crippen LogP contribution in [-0.2, 0) is 9.53 Å². The highest BCUT2D eigenvalue weighted by molar-refractivity contribution is 6.68. The zero-order valence-electron chi connectivity index (χ0n) is 5.56. The first-order valence-electron chi connectivity index (χ1n) is 2.63. The maximum Gasteiger partial charge on any atom is 0.322 e. The first-order chi connectivity index (χ1) is 5.41. The first kappa shape index (κ1) is 12.1. The van der Waals surface area contributed by atoms with Gasteiger partial charge >= 0.3 is 5.97 Å². The molecule has 0 aliphatic carbocycles. The number of halogens is 4. The summed E-state index contributed by atoms with van der Waals surface area (Å²) in [5.41, 5.74) is 0. The van der Waals surface area contributed by atoms with E-state index in [-0.39, 0.29) is 5.88 Å². The van der Waals surface area contributed by atoms with Crippen molar-refractivity contribution in [3.8, 4) is 6.07 Å². The van der Waals surface area contributed by atoms with Gasteiger partial charge in [-0.15, -0.1) is 11.6 Å². The Balaban J connectivity index is 4.22. The minimum Gasteiger partial charge on any atom is -0.441 e. The van der Waals surface area contributed by atoms with Crippen LogP contribution in [-0.4, -0.2) is 21.7 Å². The lowest BCUT2D eigenvalue weighted by molar-refractivity contribution is -0.143. The summed E-state index contributed by atoms with van der Waals surface area (Å²) >= 11 is 21.0. The van der Waals surface area contributed by atoms with E-state index in [1.54, 1.807) is 0 Å². The number of esters is 1. The molecule has 1 atom stereocenters. The van der Waals surface area contributed by atoms with Crippen molar-refractivity contribution in [2.24, 2.45) is 0 Å². The fourth-order valence-electron chi connectivity index (χ4n) is 0.329. The van der Waals surface area contributed by atoms with Gasteiger partial charge in [0, 0.05) is 0 Å². The van der Waals surface area contributed by atoms with Crippen molar-refractivity contribution in [2.45, 2.75) is 9.90 Å². The number of hydrogen-bond donors (Lipinski definition) is 0. The lowest BCUT2D eigenvalue weighted by Crippen LogP contribution is -2.30. The molecule has 68 valence electrons. The number of nitrogens with zero attached hydrogens (tertiary/aromatic N) is 1. The second-order valence-electron chi connectivity index (χ2n) is 1.67. The fraction of sp³-hybridized carbons (Fsp3) is 0.600. The Kier molecular flexibility index (Phi) is 5.03. The summed E-state index contributed by atoms with van der Waals surface area (Å²) in [7, 11) is 0. The van der Waals surface area contributed by atoms with Gasteiger partial charge in [-0.3, -0.25) is 4.79 Å². The van der Waals surface area contributed by atoms with Gasteiger partial charge in [-0.25, -0.2) is 0 Å². The topological polar surface area (TPSA) is 50.1 Å². The van der Waals surface area contributed by atoms with Crippen LogP contribution in [0.3, 0.4) is 0 Å². The Morgan fingerprint density at radius 3 is 2.33 bits per heavy atom. The SMILES string of the molecule is N#CC(OC(=O)CCl)C(Cl)(Cl)Cl. The molecule has 0 bridgehead atoms. The molecular weight excluding hydrogens is 248 g/mol. The van der Waals surface area contributed by atoms with Crippen LogP contribution >= 0.6 is 46.4 Å². The number of carbonyl (C=O) groups is 1. The number of rotatable bonds is 2. The third-order valence-electron chi connectivity index (χ3n) is 0.773. The molecule has 3 nitrogen and oxygen atoms in total. The molecule has 0 amide bonds. The number of nitriles is 1. The number of alkyl halides is 4. The molecular formula is C5H3Cl4NO2. The average molecular weight is 251 g/mol. The summed E-state index contributed by atoms with van der Waals surface area (Å²) in [6.07, 6.45) is -1.44. The second-order valence-corrected chi connectivity index (χ2v) is 4.31. The highest BCUT2D eigenvalue weighted by atomic mass is 35.6. The van der Waals surface area contributed by atoms with Gasteiger partial charge in [-0.1, -0.05) is 34.8 Å². The van der Waals surface area contributed by atoms with Crippen molar-refractivity contribution in [1.29, 1.82) is 5.26 Å². The van der Waals surface area contributed by atoms with Crippen molar-refractivity contribution in [3.63, 3.8) is 0 Å². The number of ether oxygens (including phenoxy) is 1. The van der Waals surface area contributed by atoms with E-state index in [0.717, 1.165) is 0 Å². The van der Waals surface area contributed by atoms with Gasteiger partial charge in [0.05, 0.1) is 0 Å². The Bertz CT molecular complexity index is 206. The van der Waals surface area contributed by atoms with E-state index in [1.807, 2.05) is 0 Å². The van der Waals surface area contributed by atoms with Crippen LogP contribution in [0.4, 0.5) is 0 Å². The van der Waals surface area contributed by atoms with Crippen LogP contribution in [0.1, 0.15) is 0 Å². The molecule has 0 aromatic carbocycles. The molecule has 0 rings (SSSR count). The monoisotopic (exact) mass is 249 g/mol. The molecule has 12 heavy (non-hydrogen) atoms. The molecule has 0 radical (unpaired) electrons. The molecule has 0 aliphatic rings. The molecule has 1 unspecified atom stereocenters. The highest BCUT2D eigenvalue weighted by Crippen LogP contribution is 2.31. The zero-order chi connectivity index (χ0) is 9.78. The predicted octanol–water partition coefficient (Wildman–Crippen LogP) is 2.03. The van der Waals surface area contributed by atoms with Crippen molar-refractivity contribution in [1.82, 2.24) is 0 Å². The Morgan fingerprint density at radius 2 is 2.08 bits per heavy atom. The molecule has 0 saturated heterocycles. The van der Waals surface area contributed by atoms with Crippen molar-refractivity contribution < 1.29 is 9.53 Å². The molecule has 7 heteroatoms. The van der Waals surface area contributed by atoms with Crippen molar-refractivity contribution in [2.75, 3.05) is 5.88 Å². The van der Waals surface area contributed by atoms with Crippen molar-refractivity contribution in [3.05, 3.63) is 0 Å². The molecule has 0 spiro atoms. The minimum atomic E-state index is -1.95. The van der Waals surface area contributed by atoms with Gasteiger partial charge in [-0.05, 0) is 0 Å². The maximum atomic E-state index is 10.5. The van der Waals surface area contributed by atoms with Crippen molar-refractivity contribution >= 4 is 52.4 Å². The summed E-state index contributed by atoms with van der Waals surface area (Å²) in [6.45, 7) is 0. The van der Waals surface area contributed by atoms with Crippen LogP contribution in [0, 0.1) is 11.3 Å². The van der Waals surface area contributed by atoms with Gasteiger partial charge in [0.2, 0.25) is 9.90 Å². The molecule has 0 heterocycles. The third kappa shape index (κ3) is 4.22. The molecule has 0 aromatic rings. The Morgan fingerprint density at radius 1 is 1.58 bits per heavy atom. The fourth-order valence-corrected chi connectivity index (χ4v) is 0.672. The summed E-state index contributed by atoms with van der Waals surface area (Å²) in [6, 6.07) is 1.51. The van der Waals surface area contributed by atoms with Gasteiger partial charge in [-0.2, -0.15) is 5.26 Å². The van der Waals surface area contributed by atoms with Crippen LogP contribution in [0.2, 0.25) is 0 Å². The van der Waals surface area contributed by atoms with E-state index in [9.17, 15) is 4.79 Å². The summed E-state index contributed by atoms with van der Waals surface area (Å²) < 4.78 is 2.44. The standard InChI is InChI=1S/C5H3Cl4NO2/c6-1-4(11)12-3(2-10)5(7,8)9/h3H,1H2. The van der Waals surface area contributed by atoms with Gasteiger partial charge in [0.1, 0.15) is 11.9 Å². The predicted molar refractivity (Wildman–Crippen MR) is 46.5 cm³/mol. The number of carbonyl (C=O) groups excluding carboxylic acids is 1. The largest absolute Gasteiger partial charge is 0.441 e. The highest BCUT2D eigenvalue weighted by Gasteiger charge is 2.35.